The van der Waals surface area contributed by atoms with Gasteiger partial charge in [0.2, 0.25) is 0 Å². The quantitative estimate of drug-likeness (QED) is 0.901. The number of hydrogen-bond donors (Lipinski definition) is 1. The van der Waals surface area contributed by atoms with E-state index in [1.165, 1.54) is 0 Å². The third-order valence-corrected chi connectivity index (χ3v) is 3.39. The summed E-state index contributed by atoms with van der Waals surface area (Å²) in [6.45, 7) is 0. The lowest BCUT2D eigenvalue weighted by Gasteiger charge is -2.23. The maximum absolute atomic E-state index is 9.22. The van der Waals surface area contributed by atoms with E-state index < -0.39 is 0 Å². The summed E-state index contributed by atoms with van der Waals surface area (Å²) in [4.78, 5) is 0. The minimum absolute atomic E-state index is 0.329. The highest BCUT2D eigenvalue weighted by Crippen LogP contribution is 2.36. The van der Waals surface area contributed by atoms with E-state index in [-0.39, 0.29) is 6.04 Å². The van der Waals surface area contributed by atoms with Crippen molar-refractivity contribution in [2.75, 3.05) is 12.4 Å². The molecule has 1 N–H and O–H groups in total. The first-order valence-corrected chi connectivity index (χ1v) is 6.43. The second kappa shape index (κ2) is 5.10. The highest BCUT2D eigenvalue weighted by Gasteiger charge is 2.19. The lowest BCUT2D eigenvalue weighted by molar-refractivity contribution is 0.415. The van der Waals surface area contributed by atoms with Gasteiger partial charge in [-0.1, -0.05) is 30.3 Å². The first-order valence-electron chi connectivity index (χ1n) is 6.43. The summed E-state index contributed by atoms with van der Waals surface area (Å²) >= 11 is 0. The minimum Gasteiger partial charge on any atom is -0.497 e. The number of anilines is 1. The number of nitrogens with zero attached hydrogens (tertiary/aromatic N) is 1. The second-order valence-corrected chi connectivity index (χ2v) is 4.61. The second-order valence-electron chi connectivity index (χ2n) is 4.61. The number of nitrogens with one attached hydrogen (secondary N) is 1. The summed E-state index contributed by atoms with van der Waals surface area (Å²) < 4.78 is 5.25. The largest absolute Gasteiger partial charge is 0.497 e. The fourth-order valence-corrected chi connectivity index (χ4v) is 2.41. The van der Waals surface area contributed by atoms with Gasteiger partial charge in [0, 0.05) is 17.3 Å². The molecule has 1 aliphatic heterocycles. The molecule has 1 heterocycles. The average molecular weight is 262 g/mol. The maximum atomic E-state index is 9.22. The number of hydrogen-bond acceptors (Lipinski definition) is 3. The Balaban J connectivity index is 2.14. The van der Waals surface area contributed by atoms with Crippen molar-refractivity contribution in [3.05, 3.63) is 65.7 Å². The standard InChI is InChI=1S/C17H14N2O/c1-20-14-7-8-15-16(12-5-3-2-4-6-12)9-13(11-18)19-17(15)10-14/h2-10,13,19H,1H3. The van der Waals surface area contributed by atoms with Crippen molar-refractivity contribution < 1.29 is 4.74 Å². The molecule has 1 aliphatic rings. The lowest BCUT2D eigenvalue weighted by atomic mass is 9.91. The van der Waals surface area contributed by atoms with Crippen LogP contribution in [-0.4, -0.2) is 13.2 Å². The predicted molar refractivity (Wildman–Crippen MR) is 79.5 cm³/mol. The summed E-state index contributed by atoms with van der Waals surface area (Å²) in [5, 5.41) is 12.4. The topological polar surface area (TPSA) is 45.0 Å². The normalized spacial score (nSPS) is 16.4. The Kier molecular flexibility index (Phi) is 3.14. The van der Waals surface area contributed by atoms with Gasteiger partial charge in [-0.3, -0.25) is 0 Å². The van der Waals surface area contributed by atoms with Gasteiger partial charge >= 0.3 is 0 Å². The van der Waals surface area contributed by atoms with Gasteiger partial charge in [-0.2, -0.15) is 5.26 Å². The molecule has 20 heavy (non-hydrogen) atoms. The van der Waals surface area contributed by atoms with Gasteiger partial charge in [0.05, 0.1) is 13.2 Å². The van der Waals surface area contributed by atoms with Crippen LogP contribution in [0, 0.1) is 11.3 Å². The molecule has 0 saturated heterocycles. The first kappa shape index (κ1) is 12.3. The molecule has 98 valence electrons. The molecule has 1 atom stereocenters. The van der Waals surface area contributed by atoms with Gasteiger partial charge in [-0.25, -0.2) is 0 Å². The van der Waals surface area contributed by atoms with E-state index in [0.29, 0.717) is 0 Å². The van der Waals surface area contributed by atoms with Crippen LogP contribution in [0.4, 0.5) is 5.69 Å². The maximum Gasteiger partial charge on any atom is 0.134 e. The van der Waals surface area contributed by atoms with Crippen LogP contribution in [0.5, 0.6) is 5.75 Å². The van der Waals surface area contributed by atoms with Crippen molar-refractivity contribution in [2.45, 2.75) is 6.04 Å². The average Bonchev–Trinajstić information content (AvgIpc) is 2.53. The molecular weight excluding hydrogens is 248 g/mol. The number of ether oxygens (including phenoxy) is 1. The van der Waals surface area contributed by atoms with E-state index in [4.69, 9.17) is 4.74 Å². The Morgan fingerprint density at radius 2 is 1.95 bits per heavy atom. The molecular formula is C17H14N2O. The molecule has 0 fully saturated rings. The fourth-order valence-electron chi connectivity index (χ4n) is 2.41. The van der Waals surface area contributed by atoms with Gasteiger partial charge < -0.3 is 10.1 Å². The van der Waals surface area contributed by atoms with Crippen LogP contribution in [-0.2, 0) is 0 Å². The van der Waals surface area contributed by atoms with E-state index in [0.717, 1.165) is 28.1 Å². The summed E-state index contributed by atoms with van der Waals surface area (Å²) in [6.07, 6.45) is 1.96. The number of benzene rings is 2. The third-order valence-electron chi connectivity index (χ3n) is 3.39. The van der Waals surface area contributed by atoms with Crippen LogP contribution in [0.25, 0.3) is 5.57 Å². The molecule has 0 amide bonds. The highest BCUT2D eigenvalue weighted by atomic mass is 16.5. The molecule has 0 saturated carbocycles. The SMILES string of the molecule is COc1ccc2c(c1)NC(C#N)C=C2c1ccccc1. The molecule has 0 radical (unpaired) electrons. The van der Waals surface area contributed by atoms with Gasteiger partial charge in [-0.15, -0.1) is 0 Å². The summed E-state index contributed by atoms with van der Waals surface area (Å²) in [6, 6.07) is 17.9. The van der Waals surface area contributed by atoms with E-state index in [9.17, 15) is 5.26 Å². The monoisotopic (exact) mass is 262 g/mol. The van der Waals surface area contributed by atoms with Crippen LogP contribution in [0.3, 0.4) is 0 Å². The summed E-state index contributed by atoms with van der Waals surface area (Å²) in [7, 11) is 1.64. The zero-order chi connectivity index (χ0) is 13.9. The van der Waals surface area contributed by atoms with Crippen molar-refractivity contribution in [3.63, 3.8) is 0 Å². The van der Waals surface area contributed by atoms with Crippen molar-refractivity contribution in [1.29, 1.82) is 5.26 Å². The lowest BCUT2D eigenvalue weighted by Crippen LogP contribution is -2.20. The van der Waals surface area contributed by atoms with Crippen LogP contribution in [0.1, 0.15) is 11.1 Å². The third kappa shape index (κ3) is 2.12. The van der Waals surface area contributed by atoms with Gasteiger partial charge in [0.25, 0.3) is 0 Å². The minimum atomic E-state index is -0.329. The molecule has 0 aromatic heterocycles. The van der Waals surface area contributed by atoms with Crippen LogP contribution < -0.4 is 10.1 Å². The molecule has 3 heteroatoms. The number of rotatable bonds is 2. The summed E-state index contributed by atoms with van der Waals surface area (Å²) in [5.41, 5.74) is 4.20. The van der Waals surface area contributed by atoms with E-state index >= 15 is 0 Å². The Morgan fingerprint density at radius 1 is 1.15 bits per heavy atom. The van der Waals surface area contributed by atoms with Crippen molar-refractivity contribution in [1.82, 2.24) is 0 Å². The molecule has 0 bridgehead atoms. The Bertz CT molecular complexity index is 699. The molecule has 3 nitrogen and oxygen atoms in total. The number of fused-ring (bicyclic) bond motifs is 1. The highest BCUT2D eigenvalue weighted by molar-refractivity contribution is 5.89. The molecule has 1 unspecified atom stereocenters. The molecule has 2 aromatic carbocycles. The number of methoxy groups -OCH3 is 1. The Morgan fingerprint density at radius 3 is 2.65 bits per heavy atom. The van der Waals surface area contributed by atoms with Gasteiger partial charge in [0.15, 0.2) is 0 Å². The molecule has 0 aliphatic carbocycles. The molecule has 2 aromatic rings. The van der Waals surface area contributed by atoms with E-state index in [2.05, 4.69) is 23.5 Å². The molecule has 0 spiro atoms. The first-order chi connectivity index (χ1) is 9.81. The number of nitriles is 1. The zero-order valence-electron chi connectivity index (χ0n) is 11.1. The van der Waals surface area contributed by atoms with E-state index in [1.54, 1.807) is 7.11 Å². The summed E-state index contributed by atoms with van der Waals surface area (Å²) in [5.74, 6) is 0.780. The molecule has 3 rings (SSSR count). The van der Waals surface area contributed by atoms with E-state index in [1.807, 2.05) is 42.5 Å². The zero-order valence-corrected chi connectivity index (χ0v) is 11.1. The van der Waals surface area contributed by atoms with Crippen molar-refractivity contribution >= 4 is 11.3 Å². The predicted octanol–water partition coefficient (Wildman–Crippen LogP) is 3.44. The Labute approximate surface area is 118 Å². The Hall–Kier alpha value is -2.73. The van der Waals surface area contributed by atoms with Crippen LogP contribution in [0.2, 0.25) is 0 Å². The van der Waals surface area contributed by atoms with Crippen molar-refractivity contribution in [3.8, 4) is 11.8 Å². The van der Waals surface area contributed by atoms with Crippen LogP contribution >= 0.6 is 0 Å². The van der Waals surface area contributed by atoms with Crippen LogP contribution in [0.15, 0.2) is 54.6 Å². The van der Waals surface area contributed by atoms with Crippen molar-refractivity contribution in [2.24, 2.45) is 0 Å². The van der Waals surface area contributed by atoms with Gasteiger partial charge in [-0.05, 0) is 29.3 Å². The smallest absolute Gasteiger partial charge is 0.134 e. The van der Waals surface area contributed by atoms with Gasteiger partial charge in [0.1, 0.15) is 11.8 Å². The fraction of sp³-hybridized carbons (Fsp3) is 0.118.